The average molecular weight is 264 g/mol. The normalized spacial score (nSPS) is 9.45. The molecule has 0 bridgehead atoms. The van der Waals surface area contributed by atoms with E-state index in [0.29, 0.717) is 18.5 Å². The zero-order valence-corrected chi connectivity index (χ0v) is 11.4. The molecule has 2 aromatic rings. The van der Waals surface area contributed by atoms with Crippen LogP contribution in [0.15, 0.2) is 54.7 Å². The van der Waals surface area contributed by atoms with Gasteiger partial charge in [0.2, 0.25) is 0 Å². The van der Waals surface area contributed by atoms with E-state index in [0.717, 1.165) is 5.69 Å². The first-order valence-corrected chi connectivity index (χ1v) is 6.48. The van der Waals surface area contributed by atoms with E-state index in [1.165, 1.54) is 0 Å². The molecule has 0 spiro atoms. The molecule has 0 aliphatic rings. The van der Waals surface area contributed by atoms with Crippen LogP contribution in [-0.4, -0.2) is 29.4 Å². The van der Waals surface area contributed by atoms with Gasteiger partial charge in [0, 0.05) is 31.8 Å². The van der Waals surface area contributed by atoms with Crippen LogP contribution in [-0.2, 0) is 0 Å². The Kier molecular flexibility index (Phi) is 4.91. The van der Waals surface area contributed by atoms with Crippen molar-refractivity contribution in [2.45, 2.75) is 6.42 Å². The van der Waals surface area contributed by atoms with Gasteiger partial charge in [-0.05, 0) is 30.2 Å². The summed E-state index contributed by atoms with van der Waals surface area (Å²) >= 11 is 0. The van der Waals surface area contributed by atoms with Crippen molar-refractivity contribution in [3.8, 4) is 11.8 Å². The van der Waals surface area contributed by atoms with Crippen LogP contribution in [0.1, 0.15) is 22.5 Å². The molecule has 1 heterocycles. The molecule has 0 fully saturated rings. The second kappa shape index (κ2) is 7.10. The lowest BCUT2D eigenvalue weighted by atomic mass is 10.2. The van der Waals surface area contributed by atoms with E-state index in [9.17, 15) is 4.79 Å². The van der Waals surface area contributed by atoms with E-state index in [4.69, 9.17) is 0 Å². The molecule has 0 unspecified atom stereocenters. The molecule has 0 radical (unpaired) electrons. The number of hydrogen-bond donors (Lipinski definition) is 0. The van der Waals surface area contributed by atoms with Crippen molar-refractivity contribution in [3.63, 3.8) is 0 Å². The molecule has 1 aromatic carbocycles. The van der Waals surface area contributed by atoms with E-state index in [1.54, 1.807) is 18.1 Å². The maximum atomic E-state index is 12.1. The maximum Gasteiger partial charge on any atom is 0.253 e. The van der Waals surface area contributed by atoms with Crippen LogP contribution in [0.25, 0.3) is 0 Å². The maximum absolute atomic E-state index is 12.1. The molecule has 2 rings (SSSR count). The standard InChI is InChI=1S/C17H16N2O/c1-19(17(20)15-9-3-2-4-10-15)14-8-6-12-16-11-5-7-13-18-16/h2-5,7,9-11,13H,8,14H2,1H3. The molecule has 100 valence electrons. The smallest absolute Gasteiger partial charge is 0.253 e. The van der Waals surface area contributed by atoms with E-state index in [1.807, 2.05) is 48.5 Å². The Morgan fingerprint density at radius 3 is 2.60 bits per heavy atom. The van der Waals surface area contributed by atoms with Gasteiger partial charge in [-0.3, -0.25) is 4.79 Å². The molecule has 0 aliphatic carbocycles. The fourth-order valence-electron chi connectivity index (χ4n) is 1.72. The van der Waals surface area contributed by atoms with E-state index < -0.39 is 0 Å². The SMILES string of the molecule is CN(CCC#Cc1ccccn1)C(=O)c1ccccc1. The fraction of sp³-hybridized carbons (Fsp3) is 0.176. The third-order valence-corrected chi connectivity index (χ3v) is 2.82. The zero-order chi connectivity index (χ0) is 14.2. The summed E-state index contributed by atoms with van der Waals surface area (Å²) in [6, 6.07) is 14.9. The number of hydrogen-bond acceptors (Lipinski definition) is 2. The van der Waals surface area contributed by atoms with Gasteiger partial charge in [0.1, 0.15) is 5.69 Å². The molecule has 3 heteroatoms. The quantitative estimate of drug-likeness (QED) is 0.798. The first-order valence-electron chi connectivity index (χ1n) is 6.48. The minimum absolute atomic E-state index is 0.0187. The van der Waals surface area contributed by atoms with Crippen molar-refractivity contribution in [1.82, 2.24) is 9.88 Å². The Morgan fingerprint density at radius 1 is 1.15 bits per heavy atom. The first kappa shape index (κ1) is 13.8. The van der Waals surface area contributed by atoms with E-state index in [-0.39, 0.29) is 5.91 Å². The van der Waals surface area contributed by atoms with Gasteiger partial charge in [0.05, 0.1) is 0 Å². The van der Waals surface area contributed by atoms with Gasteiger partial charge in [-0.2, -0.15) is 0 Å². The highest BCUT2D eigenvalue weighted by atomic mass is 16.2. The van der Waals surface area contributed by atoms with Crippen molar-refractivity contribution in [2.24, 2.45) is 0 Å². The van der Waals surface area contributed by atoms with E-state index in [2.05, 4.69) is 16.8 Å². The molecular formula is C17H16N2O. The molecular weight excluding hydrogens is 248 g/mol. The van der Waals surface area contributed by atoms with Gasteiger partial charge < -0.3 is 4.90 Å². The Bertz CT molecular complexity index is 612. The third kappa shape index (κ3) is 3.96. The van der Waals surface area contributed by atoms with Crippen molar-refractivity contribution in [2.75, 3.05) is 13.6 Å². The average Bonchev–Trinajstić information content (AvgIpc) is 2.52. The molecule has 0 N–H and O–H groups in total. The highest BCUT2D eigenvalue weighted by molar-refractivity contribution is 5.93. The van der Waals surface area contributed by atoms with Gasteiger partial charge in [-0.1, -0.05) is 30.2 Å². The largest absolute Gasteiger partial charge is 0.341 e. The Labute approximate surface area is 119 Å². The topological polar surface area (TPSA) is 33.2 Å². The van der Waals surface area contributed by atoms with Crippen LogP contribution in [0.5, 0.6) is 0 Å². The van der Waals surface area contributed by atoms with Gasteiger partial charge in [-0.15, -0.1) is 0 Å². The molecule has 1 amide bonds. The summed E-state index contributed by atoms with van der Waals surface area (Å²) in [5, 5.41) is 0. The number of rotatable bonds is 3. The lowest BCUT2D eigenvalue weighted by Gasteiger charge is -2.15. The summed E-state index contributed by atoms with van der Waals surface area (Å²) in [7, 11) is 1.79. The van der Waals surface area contributed by atoms with Crippen molar-refractivity contribution < 1.29 is 4.79 Å². The summed E-state index contributed by atoms with van der Waals surface area (Å²) in [5.74, 6) is 6.03. The fourth-order valence-corrected chi connectivity index (χ4v) is 1.72. The number of pyridine rings is 1. The Morgan fingerprint density at radius 2 is 1.90 bits per heavy atom. The minimum atomic E-state index is 0.0187. The van der Waals surface area contributed by atoms with E-state index >= 15 is 0 Å². The first-order chi connectivity index (χ1) is 9.77. The number of carbonyl (C=O) groups is 1. The molecule has 20 heavy (non-hydrogen) atoms. The summed E-state index contributed by atoms with van der Waals surface area (Å²) in [5.41, 5.74) is 1.46. The second-order valence-corrected chi connectivity index (χ2v) is 4.36. The predicted molar refractivity (Wildman–Crippen MR) is 79.1 cm³/mol. The van der Waals surface area contributed by atoms with Gasteiger partial charge >= 0.3 is 0 Å². The van der Waals surface area contributed by atoms with Crippen molar-refractivity contribution in [3.05, 3.63) is 66.0 Å². The minimum Gasteiger partial charge on any atom is -0.341 e. The van der Waals surface area contributed by atoms with Crippen molar-refractivity contribution in [1.29, 1.82) is 0 Å². The lowest BCUT2D eigenvalue weighted by Crippen LogP contribution is -2.27. The number of nitrogens with zero attached hydrogens (tertiary/aromatic N) is 2. The number of benzene rings is 1. The van der Waals surface area contributed by atoms with Crippen LogP contribution in [0.2, 0.25) is 0 Å². The van der Waals surface area contributed by atoms with Crippen LogP contribution >= 0.6 is 0 Å². The Hall–Kier alpha value is -2.60. The summed E-state index contributed by atoms with van der Waals surface area (Å²) in [6.45, 7) is 0.605. The number of aromatic nitrogens is 1. The molecule has 0 atom stereocenters. The monoisotopic (exact) mass is 264 g/mol. The molecule has 0 saturated heterocycles. The molecule has 3 nitrogen and oxygen atoms in total. The summed E-state index contributed by atoms with van der Waals surface area (Å²) < 4.78 is 0. The summed E-state index contributed by atoms with van der Waals surface area (Å²) in [6.07, 6.45) is 2.35. The Balaban J connectivity index is 1.86. The number of amides is 1. The highest BCUT2D eigenvalue weighted by Gasteiger charge is 2.09. The summed E-state index contributed by atoms with van der Waals surface area (Å²) in [4.78, 5) is 17.9. The third-order valence-electron chi connectivity index (χ3n) is 2.82. The van der Waals surface area contributed by atoms with Crippen LogP contribution < -0.4 is 0 Å². The van der Waals surface area contributed by atoms with Crippen LogP contribution in [0.4, 0.5) is 0 Å². The van der Waals surface area contributed by atoms with Gasteiger partial charge in [0.25, 0.3) is 5.91 Å². The predicted octanol–water partition coefficient (Wildman–Crippen LogP) is 2.60. The lowest BCUT2D eigenvalue weighted by molar-refractivity contribution is 0.0798. The van der Waals surface area contributed by atoms with Gasteiger partial charge in [-0.25, -0.2) is 4.98 Å². The molecule has 0 saturated carbocycles. The second-order valence-electron chi connectivity index (χ2n) is 4.36. The number of carbonyl (C=O) groups excluding carboxylic acids is 1. The zero-order valence-electron chi connectivity index (χ0n) is 11.4. The highest BCUT2D eigenvalue weighted by Crippen LogP contribution is 2.03. The van der Waals surface area contributed by atoms with Crippen molar-refractivity contribution >= 4 is 5.91 Å². The van der Waals surface area contributed by atoms with Gasteiger partial charge in [0.15, 0.2) is 0 Å². The van der Waals surface area contributed by atoms with Crippen LogP contribution in [0, 0.1) is 11.8 Å². The molecule has 0 aliphatic heterocycles. The molecule has 1 aromatic heterocycles. The van der Waals surface area contributed by atoms with Crippen LogP contribution in [0.3, 0.4) is 0 Å².